The van der Waals surface area contributed by atoms with Crippen molar-refractivity contribution in [2.75, 3.05) is 0 Å². The molecule has 0 radical (unpaired) electrons. The van der Waals surface area contributed by atoms with Crippen LogP contribution in [0.25, 0.3) is 0 Å². The van der Waals surface area contributed by atoms with Crippen LogP contribution in [-0.2, 0) is 11.3 Å². The van der Waals surface area contributed by atoms with Crippen LogP contribution in [0.3, 0.4) is 0 Å². The lowest BCUT2D eigenvalue weighted by Gasteiger charge is -2.27. The van der Waals surface area contributed by atoms with Gasteiger partial charge in [0.2, 0.25) is 5.78 Å². The summed E-state index contributed by atoms with van der Waals surface area (Å²) in [7, 11) is 0. The van der Waals surface area contributed by atoms with Crippen LogP contribution in [0.2, 0.25) is 0 Å². The number of aryl methyl sites for hydroxylation is 2. The summed E-state index contributed by atoms with van der Waals surface area (Å²) in [4.78, 5) is 32.1. The lowest BCUT2D eigenvalue weighted by atomic mass is 9.94. The minimum Gasteiger partial charge on any atom is -0.503 e. The quantitative estimate of drug-likeness (QED) is 0.578. The number of aromatic nitrogens is 1. The summed E-state index contributed by atoms with van der Waals surface area (Å²) in [6.45, 7) is 3.37. The number of ketones is 1. The third kappa shape index (κ3) is 3.74. The second-order valence-corrected chi connectivity index (χ2v) is 8.43. The highest BCUT2D eigenvalue weighted by Gasteiger charge is 2.45. The molecule has 1 aliphatic heterocycles. The molecule has 1 amide bonds. The number of aliphatic hydroxyl groups is 1. The highest BCUT2D eigenvalue weighted by Crippen LogP contribution is 2.41. The lowest BCUT2D eigenvalue weighted by molar-refractivity contribution is -0.130. The van der Waals surface area contributed by atoms with E-state index in [9.17, 15) is 23.5 Å². The molecule has 1 unspecified atom stereocenters. The van der Waals surface area contributed by atoms with E-state index in [1.807, 2.05) is 0 Å². The van der Waals surface area contributed by atoms with Crippen molar-refractivity contribution in [3.8, 4) is 0 Å². The topological polar surface area (TPSA) is 70.5 Å². The smallest absolute Gasteiger partial charge is 0.290 e. The van der Waals surface area contributed by atoms with Gasteiger partial charge in [0.25, 0.3) is 5.91 Å². The maximum absolute atomic E-state index is 14.8. The third-order valence-electron chi connectivity index (χ3n) is 5.12. The fourth-order valence-corrected chi connectivity index (χ4v) is 4.59. The molecule has 2 aromatic carbocycles. The first-order chi connectivity index (χ1) is 14.8. The van der Waals surface area contributed by atoms with Gasteiger partial charge < -0.3 is 10.0 Å². The fraction of sp³-hybridized carbons (Fsp3) is 0.174. The van der Waals surface area contributed by atoms with Gasteiger partial charge in [-0.25, -0.2) is 13.8 Å². The summed E-state index contributed by atoms with van der Waals surface area (Å²) >= 11 is 1.15. The van der Waals surface area contributed by atoms with Crippen LogP contribution in [0.15, 0.2) is 59.9 Å². The second-order valence-electron chi connectivity index (χ2n) is 7.22. The molecule has 0 saturated heterocycles. The maximum Gasteiger partial charge on any atom is 0.290 e. The Balaban J connectivity index is 1.83. The van der Waals surface area contributed by atoms with E-state index in [1.165, 1.54) is 47.4 Å². The van der Waals surface area contributed by atoms with Crippen LogP contribution >= 0.6 is 11.3 Å². The molecule has 31 heavy (non-hydrogen) atoms. The van der Waals surface area contributed by atoms with Gasteiger partial charge in [-0.05, 0) is 37.6 Å². The van der Waals surface area contributed by atoms with Crippen molar-refractivity contribution >= 4 is 23.0 Å². The number of carbonyl (C=O) groups excluding carboxylic acids is 2. The van der Waals surface area contributed by atoms with E-state index in [2.05, 4.69) is 4.98 Å². The number of carbonyl (C=O) groups is 2. The van der Waals surface area contributed by atoms with Gasteiger partial charge in [0.1, 0.15) is 11.6 Å². The van der Waals surface area contributed by atoms with Gasteiger partial charge in [-0.2, -0.15) is 0 Å². The number of aliphatic hydroxyl groups excluding tert-OH is 1. The van der Waals surface area contributed by atoms with Gasteiger partial charge in [-0.3, -0.25) is 9.59 Å². The largest absolute Gasteiger partial charge is 0.503 e. The first kappa shape index (κ1) is 20.9. The summed E-state index contributed by atoms with van der Waals surface area (Å²) in [5.74, 6) is -3.12. The molecule has 3 aromatic rings. The third-order valence-corrected chi connectivity index (χ3v) is 6.20. The number of hydrogen-bond acceptors (Lipinski definition) is 5. The molecule has 0 spiro atoms. The number of nitrogens with zero attached hydrogens (tertiary/aromatic N) is 2. The molecule has 2 heterocycles. The van der Waals surface area contributed by atoms with Crippen LogP contribution in [0.1, 0.15) is 37.5 Å². The highest BCUT2D eigenvalue weighted by atomic mass is 32.1. The van der Waals surface area contributed by atoms with E-state index in [0.717, 1.165) is 11.3 Å². The molecule has 0 aliphatic carbocycles. The van der Waals surface area contributed by atoms with E-state index in [0.29, 0.717) is 16.3 Å². The molecular formula is C23H18F2N2O3S. The van der Waals surface area contributed by atoms with E-state index < -0.39 is 35.1 Å². The van der Waals surface area contributed by atoms with E-state index >= 15 is 0 Å². The highest BCUT2D eigenvalue weighted by molar-refractivity contribution is 7.14. The molecule has 1 aliphatic rings. The van der Waals surface area contributed by atoms with E-state index in [-0.39, 0.29) is 22.6 Å². The van der Waals surface area contributed by atoms with Gasteiger partial charge in [0.15, 0.2) is 5.76 Å². The number of hydrogen-bond donors (Lipinski definition) is 1. The SMILES string of the molecule is Cc1nc(C)c(C(=O)C2=C(O)C(=O)N(Cc3ccc(F)cc3)C2c2ccccc2F)s1. The molecule has 158 valence electrons. The van der Waals surface area contributed by atoms with Crippen molar-refractivity contribution in [2.45, 2.75) is 26.4 Å². The van der Waals surface area contributed by atoms with Crippen LogP contribution in [0.4, 0.5) is 8.78 Å². The van der Waals surface area contributed by atoms with Crippen LogP contribution in [0.5, 0.6) is 0 Å². The first-order valence-electron chi connectivity index (χ1n) is 9.49. The summed E-state index contributed by atoms with van der Waals surface area (Å²) in [6.07, 6.45) is 0. The zero-order valence-electron chi connectivity index (χ0n) is 16.7. The molecule has 8 heteroatoms. The molecule has 1 N–H and O–H groups in total. The van der Waals surface area contributed by atoms with Crippen LogP contribution < -0.4 is 0 Å². The predicted molar refractivity (Wildman–Crippen MR) is 112 cm³/mol. The zero-order chi connectivity index (χ0) is 22.3. The molecule has 4 rings (SSSR count). The van der Waals surface area contributed by atoms with Crippen molar-refractivity contribution in [1.82, 2.24) is 9.88 Å². The van der Waals surface area contributed by atoms with Crippen molar-refractivity contribution in [3.63, 3.8) is 0 Å². The molecular weight excluding hydrogens is 422 g/mol. The number of benzene rings is 2. The number of thiazole rings is 1. The zero-order valence-corrected chi connectivity index (χ0v) is 17.5. The normalized spacial score (nSPS) is 16.3. The number of amides is 1. The molecule has 0 bridgehead atoms. The minimum absolute atomic E-state index is 0.0420. The molecule has 1 aromatic heterocycles. The Bertz CT molecular complexity index is 1220. The standard InChI is InChI=1S/C23H18F2N2O3S/c1-12-22(31-13(2)26-12)20(28)18-19(16-5-3-4-6-17(16)25)27(23(30)21(18)29)11-14-7-9-15(24)10-8-14/h3-10,19,29H,11H2,1-2H3. The Morgan fingerprint density at radius 2 is 1.81 bits per heavy atom. The van der Waals surface area contributed by atoms with Crippen molar-refractivity contribution < 1.29 is 23.5 Å². The monoisotopic (exact) mass is 440 g/mol. The second kappa shape index (κ2) is 8.03. The van der Waals surface area contributed by atoms with E-state index in [1.54, 1.807) is 19.9 Å². The summed E-state index contributed by atoms with van der Waals surface area (Å²) in [6, 6.07) is 10.2. The number of rotatable bonds is 5. The van der Waals surface area contributed by atoms with Gasteiger partial charge in [-0.15, -0.1) is 11.3 Å². The van der Waals surface area contributed by atoms with Gasteiger partial charge in [0, 0.05) is 12.1 Å². The Labute approximate surface area is 181 Å². The lowest BCUT2D eigenvalue weighted by Crippen LogP contribution is -2.31. The number of Topliss-reactive ketones (excluding diaryl/α,β-unsaturated/α-hetero) is 1. The predicted octanol–water partition coefficient (Wildman–Crippen LogP) is 4.82. The van der Waals surface area contributed by atoms with E-state index in [4.69, 9.17) is 0 Å². The molecule has 5 nitrogen and oxygen atoms in total. The number of halogens is 2. The Kier molecular flexibility index (Phi) is 5.41. The average molecular weight is 440 g/mol. The van der Waals surface area contributed by atoms with Crippen molar-refractivity contribution in [2.24, 2.45) is 0 Å². The summed E-state index contributed by atoms with van der Waals surface area (Å²) in [5, 5.41) is 11.3. The van der Waals surface area contributed by atoms with Gasteiger partial charge >= 0.3 is 0 Å². The molecule has 1 atom stereocenters. The van der Waals surface area contributed by atoms with Crippen molar-refractivity contribution in [3.05, 3.63) is 98.2 Å². The summed E-state index contributed by atoms with van der Waals surface area (Å²) in [5.41, 5.74) is 0.945. The van der Waals surface area contributed by atoms with Crippen LogP contribution in [0, 0.1) is 25.5 Å². The molecule has 0 fully saturated rings. The first-order valence-corrected chi connectivity index (χ1v) is 10.3. The maximum atomic E-state index is 14.8. The fourth-order valence-electron chi connectivity index (χ4n) is 3.72. The van der Waals surface area contributed by atoms with Gasteiger partial charge in [-0.1, -0.05) is 30.3 Å². The molecule has 0 saturated carbocycles. The van der Waals surface area contributed by atoms with Crippen molar-refractivity contribution in [1.29, 1.82) is 0 Å². The Hall–Kier alpha value is -3.39. The van der Waals surface area contributed by atoms with Gasteiger partial charge in [0.05, 0.1) is 27.2 Å². The Morgan fingerprint density at radius 1 is 1.13 bits per heavy atom. The minimum atomic E-state index is -1.13. The Morgan fingerprint density at radius 3 is 2.42 bits per heavy atom. The average Bonchev–Trinajstić information content (AvgIpc) is 3.20. The summed E-state index contributed by atoms with van der Waals surface area (Å²) < 4.78 is 28.1. The van der Waals surface area contributed by atoms with Crippen LogP contribution in [-0.4, -0.2) is 26.7 Å².